The molecule has 6 rings (SSSR count). The summed E-state index contributed by atoms with van der Waals surface area (Å²) in [5.74, 6) is 2.40. The Hall–Kier alpha value is -2.80. The van der Waals surface area contributed by atoms with Crippen molar-refractivity contribution >= 4 is 22.7 Å². The van der Waals surface area contributed by atoms with Gasteiger partial charge in [-0.1, -0.05) is 0 Å². The first kappa shape index (κ1) is 18.0. The van der Waals surface area contributed by atoms with Crippen LogP contribution in [0.5, 0.6) is 0 Å². The van der Waals surface area contributed by atoms with E-state index in [-0.39, 0.29) is 0 Å². The van der Waals surface area contributed by atoms with E-state index in [0.717, 1.165) is 56.7 Å². The Morgan fingerprint density at radius 3 is 2.57 bits per heavy atom. The minimum absolute atomic E-state index is 0.370. The van der Waals surface area contributed by atoms with E-state index in [9.17, 15) is 0 Å². The van der Waals surface area contributed by atoms with Crippen LogP contribution < -0.4 is 9.80 Å². The number of hydrogen-bond acceptors (Lipinski definition) is 7. The van der Waals surface area contributed by atoms with E-state index in [1.54, 1.807) is 0 Å². The minimum atomic E-state index is 0.370. The Morgan fingerprint density at radius 2 is 1.73 bits per heavy atom. The molecule has 7 heteroatoms. The summed E-state index contributed by atoms with van der Waals surface area (Å²) in [4.78, 5) is 23.4. The first-order valence-electron chi connectivity index (χ1n) is 10.9. The molecule has 3 fully saturated rings. The van der Waals surface area contributed by atoms with Crippen molar-refractivity contribution in [3.8, 4) is 0 Å². The van der Waals surface area contributed by atoms with E-state index in [4.69, 9.17) is 9.72 Å². The van der Waals surface area contributed by atoms with Crippen molar-refractivity contribution in [2.24, 2.45) is 5.41 Å². The molecular weight excluding hydrogens is 376 g/mol. The molecule has 7 nitrogen and oxygen atoms in total. The summed E-state index contributed by atoms with van der Waals surface area (Å²) in [7, 11) is 0. The van der Waals surface area contributed by atoms with Crippen molar-refractivity contribution in [2.45, 2.75) is 25.2 Å². The van der Waals surface area contributed by atoms with E-state index in [2.05, 4.69) is 36.9 Å². The molecule has 3 aromatic heterocycles. The van der Waals surface area contributed by atoms with Gasteiger partial charge in [0.2, 0.25) is 5.95 Å². The second kappa shape index (κ2) is 7.16. The number of aromatic nitrogens is 4. The predicted molar refractivity (Wildman–Crippen MR) is 116 cm³/mol. The SMILES string of the molecule is c1cnc(N2CCC3(CC(c4nc(N5CCOCC5)cc5ncccc45)C3)C2)nc1. The van der Waals surface area contributed by atoms with Crippen LogP contribution in [0.15, 0.2) is 42.9 Å². The van der Waals surface area contributed by atoms with Gasteiger partial charge in [-0.05, 0) is 42.9 Å². The van der Waals surface area contributed by atoms with Gasteiger partial charge in [-0.3, -0.25) is 4.98 Å². The summed E-state index contributed by atoms with van der Waals surface area (Å²) in [6.45, 7) is 5.41. The summed E-state index contributed by atoms with van der Waals surface area (Å²) < 4.78 is 5.53. The summed E-state index contributed by atoms with van der Waals surface area (Å²) in [6.07, 6.45) is 9.11. The van der Waals surface area contributed by atoms with E-state index in [1.807, 2.05) is 30.7 Å². The fourth-order valence-electron chi connectivity index (χ4n) is 5.43. The van der Waals surface area contributed by atoms with Crippen molar-refractivity contribution in [3.05, 3.63) is 48.5 Å². The Balaban J connectivity index is 1.26. The number of anilines is 2. The van der Waals surface area contributed by atoms with Crippen LogP contribution in [0.25, 0.3) is 10.9 Å². The average Bonchev–Trinajstić information content (AvgIpc) is 3.25. The van der Waals surface area contributed by atoms with Crippen molar-refractivity contribution in [1.82, 2.24) is 19.9 Å². The quantitative estimate of drug-likeness (QED) is 0.667. The number of fused-ring (bicyclic) bond motifs is 1. The van der Waals surface area contributed by atoms with Gasteiger partial charge in [-0.15, -0.1) is 0 Å². The normalized spacial score (nSPS) is 26.3. The van der Waals surface area contributed by atoms with Gasteiger partial charge in [0.15, 0.2) is 0 Å². The zero-order valence-electron chi connectivity index (χ0n) is 17.1. The molecule has 0 amide bonds. The summed E-state index contributed by atoms with van der Waals surface area (Å²) in [6, 6.07) is 8.22. The third-order valence-electron chi connectivity index (χ3n) is 6.97. The molecule has 1 saturated carbocycles. The number of hydrogen-bond donors (Lipinski definition) is 0. The molecule has 2 saturated heterocycles. The first-order valence-corrected chi connectivity index (χ1v) is 10.9. The van der Waals surface area contributed by atoms with Gasteiger partial charge < -0.3 is 14.5 Å². The van der Waals surface area contributed by atoms with Gasteiger partial charge in [0.1, 0.15) is 5.82 Å². The molecule has 0 aromatic carbocycles. The molecule has 1 spiro atoms. The van der Waals surface area contributed by atoms with Crippen LogP contribution in [0, 0.1) is 5.41 Å². The molecule has 30 heavy (non-hydrogen) atoms. The smallest absolute Gasteiger partial charge is 0.225 e. The third kappa shape index (κ3) is 3.08. The van der Waals surface area contributed by atoms with Gasteiger partial charge >= 0.3 is 0 Å². The lowest BCUT2D eigenvalue weighted by molar-refractivity contribution is 0.121. The number of morpholine rings is 1. The molecule has 0 N–H and O–H groups in total. The predicted octanol–water partition coefficient (Wildman–Crippen LogP) is 3.03. The molecule has 0 radical (unpaired) electrons. The lowest BCUT2D eigenvalue weighted by Crippen LogP contribution is -2.40. The molecule has 5 heterocycles. The lowest BCUT2D eigenvalue weighted by atomic mass is 9.60. The van der Waals surface area contributed by atoms with Crippen LogP contribution in [-0.2, 0) is 4.74 Å². The van der Waals surface area contributed by atoms with Gasteiger partial charge in [-0.25, -0.2) is 15.0 Å². The van der Waals surface area contributed by atoms with E-state index in [0.29, 0.717) is 11.3 Å². The van der Waals surface area contributed by atoms with Crippen LogP contribution in [-0.4, -0.2) is 59.3 Å². The summed E-state index contributed by atoms with van der Waals surface area (Å²) >= 11 is 0. The Kier molecular flexibility index (Phi) is 4.30. The Labute approximate surface area is 176 Å². The Morgan fingerprint density at radius 1 is 0.933 bits per heavy atom. The maximum atomic E-state index is 5.53. The Bertz CT molecular complexity index is 1050. The average molecular weight is 403 g/mol. The van der Waals surface area contributed by atoms with Gasteiger partial charge in [0.25, 0.3) is 0 Å². The monoisotopic (exact) mass is 402 g/mol. The zero-order valence-corrected chi connectivity index (χ0v) is 17.1. The van der Waals surface area contributed by atoms with E-state index < -0.39 is 0 Å². The van der Waals surface area contributed by atoms with Crippen molar-refractivity contribution in [1.29, 1.82) is 0 Å². The molecule has 3 aliphatic rings. The van der Waals surface area contributed by atoms with Crippen LogP contribution in [0.4, 0.5) is 11.8 Å². The van der Waals surface area contributed by atoms with Gasteiger partial charge in [0, 0.05) is 62.1 Å². The van der Waals surface area contributed by atoms with Crippen LogP contribution in [0.2, 0.25) is 0 Å². The van der Waals surface area contributed by atoms with Crippen LogP contribution >= 0.6 is 0 Å². The van der Waals surface area contributed by atoms with Crippen molar-refractivity contribution in [2.75, 3.05) is 49.2 Å². The number of ether oxygens (including phenoxy) is 1. The number of nitrogens with zero attached hydrogens (tertiary/aromatic N) is 6. The fraction of sp³-hybridized carbons (Fsp3) is 0.478. The van der Waals surface area contributed by atoms with Crippen molar-refractivity contribution in [3.63, 3.8) is 0 Å². The number of pyridine rings is 2. The highest BCUT2D eigenvalue weighted by Gasteiger charge is 2.50. The number of rotatable bonds is 3. The van der Waals surface area contributed by atoms with Gasteiger partial charge in [0.05, 0.1) is 24.4 Å². The molecule has 0 unspecified atom stereocenters. The third-order valence-corrected chi connectivity index (χ3v) is 6.97. The fourth-order valence-corrected chi connectivity index (χ4v) is 5.43. The topological polar surface area (TPSA) is 67.3 Å². The summed E-state index contributed by atoms with van der Waals surface area (Å²) in [5.41, 5.74) is 2.65. The highest BCUT2D eigenvalue weighted by Crippen LogP contribution is 2.56. The standard InChI is InChI=1S/C23H26N6O/c1-3-18-19(24-5-1)13-20(28-9-11-30-12-10-28)27-21(18)17-14-23(15-17)4-8-29(16-23)22-25-6-2-7-26-22/h1-3,5-7,13,17H,4,8-12,14-16H2. The molecule has 2 aliphatic heterocycles. The summed E-state index contributed by atoms with van der Waals surface area (Å²) in [5, 5.41) is 1.20. The maximum absolute atomic E-state index is 5.53. The van der Waals surface area contributed by atoms with Crippen LogP contribution in [0.1, 0.15) is 30.9 Å². The second-order valence-electron chi connectivity index (χ2n) is 8.86. The molecule has 0 bridgehead atoms. The van der Waals surface area contributed by atoms with E-state index >= 15 is 0 Å². The molecular formula is C23H26N6O. The van der Waals surface area contributed by atoms with Gasteiger partial charge in [-0.2, -0.15) is 0 Å². The molecule has 0 atom stereocenters. The second-order valence-corrected chi connectivity index (χ2v) is 8.86. The van der Waals surface area contributed by atoms with Crippen LogP contribution in [0.3, 0.4) is 0 Å². The highest BCUT2D eigenvalue weighted by molar-refractivity contribution is 5.84. The first-order chi connectivity index (χ1) is 14.8. The minimum Gasteiger partial charge on any atom is -0.378 e. The highest BCUT2D eigenvalue weighted by atomic mass is 16.5. The molecule has 1 aliphatic carbocycles. The molecule has 154 valence electrons. The lowest BCUT2D eigenvalue weighted by Gasteiger charge is -2.45. The van der Waals surface area contributed by atoms with Crippen molar-refractivity contribution < 1.29 is 4.74 Å². The zero-order chi connectivity index (χ0) is 20.0. The molecule has 3 aromatic rings. The maximum Gasteiger partial charge on any atom is 0.225 e. The largest absolute Gasteiger partial charge is 0.378 e. The van der Waals surface area contributed by atoms with E-state index in [1.165, 1.54) is 30.3 Å².